The summed E-state index contributed by atoms with van der Waals surface area (Å²) in [4.78, 5) is 13.1. The monoisotopic (exact) mass is 1110 g/mol. The van der Waals surface area contributed by atoms with Crippen LogP contribution in [-0.2, 0) is 42.7 Å². The fourth-order valence-electron chi connectivity index (χ4n) is 16.3. The van der Waals surface area contributed by atoms with Crippen LogP contribution in [-0.4, -0.2) is 256 Å². The average Bonchev–Trinajstić information content (AvgIpc) is 3.55. The summed E-state index contributed by atoms with van der Waals surface area (Å²) in [7, 11) is 0. The van der Waals surface area contributed by atoms with E-state index in [2.05, 4.69) is 26.8 Å². The van der Waals surface area contributed by atoms with Crippen molar-refractivity contribution >= 4 is 5.97 Å². The lowest BCUT2D eigenvalue weighted by molar-refractivity contribution is -0.400. The SMILES string of the molecule is CC1(C)C[C@H]2C3=CC[C@@H]4[C@@]5(C)CC[C@H](O[C@@H]6O[C@H](C(=O)O)[C@@H](O)[C@H](O[C@@H]7OC[C@H](O)[C@H](O)[C@H]7OC7OCC(O)C(O)C7O)[C@H]6O[C@@H]6O[C@H](CO)[C@H](O)[C@H](O)[C@H]6O)[C@@](C)(CO)[C@@H]5CC[C@@]4(C)[C@]3(C)C[C@@H](O)[C@@]2(CO)[C@@H](O)[C@@H]1O. The maximum Gasteiger partial charge on any atom is 0.335 e. The molecule has 0 aromatic rings. The Kier molecular flexibility index (Phi) is 16.7. The lowest BCUT2D eigenvalue weighted by atomic mass is 9.33. The Morgan fingerprint density at radius 2 is 1.23 bits per heavy atom. The Morgan fingerprint density at radius 3 is 1.87 bits per heavy atom. The van der Waals surface area contributed by atoms with Crippen LogP contribution in [0.1, 0.15) is 86.5 Å². The van der Waals surface area contributed by atoms with E-state index >= 15 is 0 Å². The van der Waals surface area contributed by atoms with Crippen LogP contribution >= 0.6 is 0 Å². The highest BCUT2D eigenvalue weighted by Crippen LogP contribution is 2.76. The van der Waals surface area contributed by atoms with Crippen LogP contribution < -0.4 is 0 Å². The first-order valence-electron chi connectivity index (χ1n) is 27.1. The standard InChI is InChI=1S/C52H84O25/c1-47(2)13-21-20-7-8-26-48(3)11-10-28(49(4,18-54)25(48)9-12-50(26,5)51(20,6)14-27(58)52(21,19-55)41(67)40(47)66)73-46-39(77-44-34(64)32(62)31(61)24(15-53)72-44)36(35(65)37(75-46)42(68)69)74-45-38(30(60)23(57)17-71-45)76-43-33(63)29(59)22(56)16-70-43/h7,21-41,43-46,53-67H,8-19H2,1-6H3,(H,68,69)/t21-,22?,23-,24+,25+,26+,27+,28-,29?,30-,31-,32-,33?,34+,35-,36-,37-,38+,39+,40-,41-,43?,44-,45-,46+,48-,49-,50+,51+,52-/m0/s1. The van der Waals surface area contributed by atoms with Crippen molar-refractivity contribution in [3.8, 4) is 0 Å². The van der Waals surface area contributed by atoms with Crippen LogP contribution in [0, 0.1) is 50.2 Å². The molecule has 0 amide bonds. The highest BCUT2D eigenvalue weighted by molar-refractivity contribution is 5.73. The predicted octanol–water partition coefficient (Wildman–Crippen LogP) is -4.31. The number of allylic oxidation sites excluding steroid dienone is 2. The molecule has 0 spiro atoms. The molecule has 4 aliphatic heterocycles. The summed E-state index contributed by atoms with van der Waals surface area (Å²) in [5.41, 5.74) is -3.84. The molecule has 4 saturated heterocycles. The minimum Gasteiger partial charge on any atom is -0.479 e. The highest BCUT2D eigenvalue weighted by atomic mass is 16.8. The van der Waals surface area contributed by atoms with Gasteiger partial charge >= 0.3 is 5.97 Å². The van der Waals surface area contributed by atoms with Crippen molar-refractivity contribution in [2.24, 2.45) is 50.2 Å². The molecule has 77 heavy (non-hydrogen) atoms. The van der Waals surface area contributed by atoms with Gasteiger partial charge in [-0.15, -0.1) is 0 Å². The highest BCUT2D eigenvalue weighted by Gasteiger charge is 2.73. The topological polar surface area (TPSA) is 415 Å². The van der Waals surface area contributed by atoms with Crippen molar-refractivity contribution in [1.82, 2.24) is 0 Å². The number of rotatable bonds is 12. The molecule has 8 fully saturated rings. The maximum atomic E-state index is 13.1. The van der Waals surface area contributed by atoms with Crippen LogP contribution in [0.2, 0.25) is 0 Å². The summed E-state index contributed by atoms with van der Waals surface area (Å²) in [5, 5.41) is 177. The van der Waals surface area contributed by atoms with Crippen LogP contribution in [0.15, 0.2) is 11.6 Å². The van der Waals surface area contributed by atoms with E-state index in [1.165, 1.54) is 0 Å². The van der Waals surface area contributed by atoms with Crippen molar-refractivity contribution in [2.75, 3.05) is 33.0 Å². The Morgan fingerprint density at radius 1 is 0.610 bits per heavy atom. The molecule has 9 rings (SSSR count). The van der Waals surface area contributed by atoms with E-state index in [9.17, 15) is 86.5 Å². The number of hydrogen-bond acceptors (Lipinski definition) is 24. The number of aliphatic carboxylic acids is 1. The average molecular weight is 1110 g/mol. The van der Waals surface area contributed by atoms with Gasteiger partial charge in [0.25, 0.3) is 0 Å². The summed E-state index contributed by atoms with van der Waals surface area (Å²) >= 11 is 0. The van der Waals surface area contributed by atoms with E-state index in [0.717, 1.165) is 5.57 Å². The predicted molar refractivity (Wildman–Crippen MR) is 257 cm³/mol. The molecule has 4 heterocycles. The van der Waals surface area contributed by atoms with Crippen molar-refractivity contribution in [3.05, 3.63) is 11.6 Å². The molecule has 0 aromatic carbocycles. The quantitative estimate of drug-likeness (QED) is 0.0649. The van der Waals surface area contributed by atoms with Crippen molar-refractivity contribution in [2.45, 2.75) is 222 Å². The van der Waals surface area contributed by atoms with Gasteiger partial charge in [-0.25, -0.2) is 4.79 Å². The fraction of sp³-hybridized carbons (Fsp3) is 0.942. The Balaban J connectivity index is 1.05. The summed E-state index contributed by atoms with van der Waals surface area (Å²) in [6.45, 7) is 9.16. The van der Waals surface area contributed by atoms with E-state index in [1.54, 1.807) is 0 Å². The molecule has 16 N–H and O–H groups in total. The van der Waals surface area contributed by atoms with E-state index < -0.39 is 212 Å². The third kappa shape index (κ3) is 9.30. The van der Waals surface area contributed by atoms with Gasteiger partial charge in [-0.2, -0.15) is 0 Å². The molecule has 0 bridgehead atoms. The van der Waals surface area contributed by atoms with Crippen molar-refractivity contribution in [1.29, 1.82) is 0 Å². The largest absolute Gasteiger partial charge is 0.479 e. The summed E-state index contributed by atoms with van der Waals surface area (Å²) in [6, 6.07) is 0. The van der Waals surface area contributed by atoms with Crippen molar-refractivity contribution < 1.29 is 124 Å². The van der Waals surface area contributed by atoms with Gasteiger partial charge in [-0.3, -0.25) is 0 Å². The van der Waals surface area contributed by atoms with Gasteiger partial charge in [0.1, 0.15) is 79.4 Å². The lowest BCUT2D eigenvalue weighted by Gasteiger charge is -2.72. The lowest BCUT2D eigenvalue weighted by Crippen LogP contribution is -2.72. The molecule has 0 aromatic heterocycles. The molecule has 25 nitrogen and oxygen atoms in total. The summed E-state index contributed by atoms with van der Waals surface area (Å²) < 4.78 is 48.2. The molecule has 25 heteroatoms. The smallest absolute Gasteiger partial charge is 0.335 e. The number of ether oxygens (including phenoxy) is 8. The summed E-state index contributed by atoms with van der Waals surface area (Å²) in [5.74, 6) is -2.52. The number of carboxylic acids is 1. The fourth-order valence-corrected chi connectivity index (χ4v) is 16.3. The van der Waals surface area contributed by atoms with E-state index in [4.69, 9.17) is 37.9 Å². The van der Waals surface area contributed by atoms with Gasteiger partial charge in [0.2, 0.25) is 0 Å². The summed E-state index contributed by atoms with van der Waals surface area (Å²) in [6.07, 6.45) is -33.4. The minimum atomic E-state index is -2.24. The first-order chi connectivity index (χ1) is 36.0. The third-order valence-electron chi connectivity index (χ3n) is 21.2. The molecular weight excluding hydrogens is 1020 g/mol. The first kappa shape index (κ1) is 59.9. The zero-order chi connectivity index (χ0) is 56.4. The molecule has 0 radical (unpaired) electrons. The number of aliphatic hydroxyl groups excluding tert-OH is 15. The number of aliphatic hydroxyl groups is 15. The normalized spacial score (nSPS) is 55.7. The van der Waals surface area contributed by atoms with Crippen LogP contribution in [0.5, 0.6) is 0 Å². The van der Waals surface area contributed by atoms with Gasteiger partial charge in [0, 0.05) is 5.41 Å². The Labute approximate surface area is 445 Å². The number of carboxylic acid groups (broad SMARTS) is 1. The molecule has 4 saturated carbocycles. The second kappa shape index (κ2) is 21.5. The zero-order valence-electron chi connectivity index (χ0n) is 44.3. The molecular formula is C52H84O25. The molecule has 4 unspecified atom stereocenters. The van der Waals surface area contributed by atoms with Crippen LogP contribution in [0.4, 0.5) is 0 Å². The molecule has 5 aliphatic carbocycles. The van der Waals surface area contributed by atoms with Gasteiger partial charge in [-0.1, -0.05) is 53.2 Å². The molecule has 9 aliphatic rings. The Bertz CT molecular complexity index is 2140. The molecule has 442 valence electrons. The third-order valence-corrected chi connectivity index (χ3v) is 21.2. The number of fused-ring (bicyclic) bond motifs is 7. The maximum absolute atomic E-state index is 13.1. The minimum absolute atomic E-state index is 0.0548. The van der Waals surface area contributed by atoms with Gasteiger partial charge in [-0.05, 0) is 84.4 Å². The second-order valence-corrected chi connectivity index (χ2v) is 25.5. The van der Waals surface area contributed by atoms with Crippen molar-refractivity contribution in [3.63, 3.8) is 0 Å². The van der Waals surface area contributed by atoms with Gasteiger partial charge in [0.05, 0.1) is 62.9 Å². The first-order valence-corrected chi connectivity index (χ1v) is 27.1. The van der Waals surface area contributed by atoms with E-state index in [-0.39, 0.29) is 24.7 Å². The van der Waals surface area contributed by atoms with Gasteiger partial charge in [0.15, 0.2) is 31.3 Å². The van der Waals surface area contributed by atoms with Crippen LogP contribution in [0.3, 0.4) is 0 Å². The van der Waals surface area contributed by atoms with E-state index in [1.807, 2.05) is 20.8 Å². The number of hydrogen-bond donors (Lipinski definition) is 16. The van der Waals surface area contributed by atoms with E-state index in [0.29, 0.717) is 32.1 Å². The Hall–Kier alpha value is -1.71. The van der Waals surface area contributed by atoms with Crippen LogP contribution in [0.25, 0.3) is 0 Å². The van der Waals surface area contributed by atoms with Gasteiger partial charge < -0.3 is 120 Å². The zero-order valence-corrected chi connectivity index (χ0v) is 44.3. The molecule has 30 atom stereocenters. The second-order valence-electron chi connectivity index (χ2n) is 25.5. The number of carbonyl (C=O) groups is 1.